The van der Waals surface area contributed by atoms with E-state index in [0.717, 1.165) is 22.7 Å². The fourth-order valence-electron chi connectivity index (χ4n) is 10.8. The van der Waals surface area contributed by atoms with E-state index in [4.69, 9.17) is 38.4 Å². The number of Topliss-reactive ketones (excluding diaryl/α,β-unsaturated/α-hetero) is 2. The van der Waals surface area contributed by atoms with Crippen molar-refractivity contribution in [2.45, 2.75) is 37.6 Å². The van der Waals surface area contributed by atoms with Crippen LogP contribution in [0.4, 0.5) is 10.3 Å². The first-order valence-corrected chi connectivity index (χ1v) is 29.5. The minimum Gasteiger partial charge on any atom is -0.458 e. The number of rotatable bonds is 14. The molecule has 0 bridgehead atoms. The summed E-state index contributed by atoms with van der Waals surface area (Å²) >= 11 is 1.48. The second-order valence-corrected chi connectivity index (χ2v) is 22.6. The molecule has 4 heterocycles. The fraction of sp³-hybridized carbons (Fsp3) is 0.0857. The van der Waals surface area contributed by atoms with Crippen molar-refractivity contribution in [3.63, 3.8) is 0 Å². The molecule has 0 unspecified atom stereocenters. The Morgan fingerprint density at radius 2 is 0.696 bits per heavy atom. The molecule has 2 aliphatic carbocycles. The number of aliphatic imine (C=N–C) groups is 2. The molecule has 92 heavy (non-hydrogen) atoms. The Hall–Kier alpha value is -12.6. The zero-order valence-corrected chi connectivity index (χ0v) is 49.1. The van der Waals surface area contributed by atoms with Crippen LogP contribution in [0.5, 0.6) is 11.5 Å². The van der Waals surface area contributed by atoms with Gasteiger partial charge in [-0.25, -0.2) is 39.1 Å². The number of ether oxygens (including phenoxy) is 6. The largest absolute Gasteiger partial charge is 0.458 e. The summed E-state index contributed by atoms with van der Waals surface area (Å²) < 4.78 is 37.7. The monoisotopic (exact) mass is 1250 g/mol. The van der Waals surface area contributed by atoms with Gasteiger partial charge in [-0.1, -0.05) is 193 Å². The molecular weight excluding hydrogens is 1210 g/mol. The molecule has 442 valence electrons. The number of benzene rings is 7. The minimum atomic E-state index is -2.98. The number of hydrogen-bond donors (Lipinski definition) is 0. The molecule has 4 aliphatic rings. The molecule has 0 saturated heterocycles. The summed E-state index contributed by atoms with van der Waals surface area (Å²) in [7, 11) is 0. The van der Waals surface area contributed by atoms with Gasteiger partial charge in [0.1, 0.15) is 96.2 Å². The highest BCUT2D eigenvalue weighted by atomic mass is 32.1. The lowest BCUT2D eigenvalue weighted by Gasteiger charge is -2.36. The first kappa shape index (κ1) is 58.4. The number of ketones is 2. The van der Waals surface area contributed by atoms with Gasteiger partial charge >= 0.3 is 35.1 Å². The molecule has 0 fully saturated rings. The Balaban J connectivity index is 1.05. The quantitative estimate of drug-likeness (QED) is 0.0423. The van der Waals surface area contributed by atoms with Gasteiger partial charge in [-0.05, 0) is 45.5 Å². The summed E-state index contributed by atoms with van der Waals surface area (Å²) in [4.78, 5) is 109. The molecule has 0 saturated carbocycles. The summed E-state index contributed by atoms with van der Waals surface area (Å²) in [5.74, 6) is -7.12. The fourth-order valence-corrected chi connectivity index (χ4v) is 12.8. The topological polar surface area (TPSA) is 303 Å². The van der Waals surface area contributed by atoms with Gasteiger partial charge in [0.15, 0.2) is 0 Å². The number of thiazole rings is 2. The van der Waals surface area contributed by atoms with Gasteiger partial charge in [-0.3, -0.25) is 9.59 Å². The first-order chi connectivity index (χ1) is 44.9. The molecule has 2 aliphatic heterocycles. The summed E-state index contributed by atoms with van der Waals surface area (Å²) in [6.07, 6.45) is 0. The number of nitriles is 4. The van der Waals surface area contributed by atoms with Crippen LogP contribution in [0.25, 0.3) is 32.0 Å². The van der Waals surface area contributed by atoms with E-state index in [1.54, 1.807) is 158 Å². The average Bonchev–Trinajstić information content (AvgIpc) is 1.29. The molecule has 0 spiro atoms. The predicted octanol–water partition coefficient (Wildman–Crippen LogP) is 11.6. The third-order valence-electron chi connectivity index (χ3n) is 15.1. The lowest BCUT2D eigenvalue weighted by molar-refractivity contribution is -0.185. The van der Waals surface area contributed by atoms with Crippen LogP contribution in [0, 0.1) is 45.3 Å². The number of hydrogen-bond acceptors (Lipinski definition) is 22. The van der Waals surface area contributed by atoms with Crippen LogP contribution in [0.1, 0.15) is 65.5 Å². The average molecular weight is 1250 g/mol. The Bertz CT molecular complexity index is 4500. The molecule has 7 aromatic carbocycles. The van der Waals surface area contributed by atoms with Crippen molar-refractivity contribution in [1.82, 2.24) is 9.97 Å². The number of nitrogens with zero attached hydrogens (tertiary/aromatic N) is 8. The maximum Gasteiger partial charge on any atom is 0.369 e. The zero-order chi connectivity index (χ0) is 63.7. The molecule has 0 radical (unpaired) electrons. The standard InChI is InChI=1S/C70H38N8O12S2/c71-31-43(32-72)53-45-25-13-15-27-47(45)57(79)55(53)75-67-77-61-59(91-67)49-30-52-50(29-51(49)89-69(61,63(81)85-35-39-17-5-1-6-18-39)64(82)86-36-40-19-7-2-8-20-40)60-62(78-68(92-60)76-56-54(44(33-73)34-74)46-26-14-16-28-48(46)58(56)80)70(90-52,65(83)87-37-41-21-9-3-10-22-41)66(84)88-38-42-23-11-4-12-24-42/h1-30H,35-38H2. The molecule has 2 aromatic heterocycles. The highest BCUT2D eigenvalue weighted by Gasteiger charge is 2.63. The molecule has 0 atom stereocenters. The van der Waals surface area contributed by atoms with Crippen LogP contribution in [-0.2, 0) is 75.8 Å². The van der Waals surface area contributed by atoms with Gasteiger partial charge in [0.25, 0.3) is 0 Å². The van der Waals surface area contributed by atoms with Crippen LogP contribution >= 0.6 is 22.7 Å². The van der Waals surface area contributed by atoms with Crippen LogP contribution in [0.3, 0.4) is 0 Å². The van der Waals surface area contributed by atoms with Crippen molar-refractivity contribution >= 4 is 90.9 Å². The number of fused-ring (bicyclic) bond motifs is 8. The molecular formula is C70H38N8O12S2. The van der Waals surface area contributed by atoms with Gasteiger partial charge in [0.05, 0.1) is 9.75 Å². The van der Waals surface area contributed by atoms with Gasteiger partial charge in [-0.15, -0.1) is 0 Å². The van der Waals surface area contributed by atoms with E-state index < -0.39 is 95.6 Å². The van der Waals surface area contributed by atoms with Gasteiger partial charge in [-0.2, -0.15) is 21.0 Å². The van der Waals surface area contributed by atoms with Crippen molar-refractivity contribution < 1.29 is 57.2 Å². The van der Waals surface area contributed by atoms with Crippen molar-refractivity contribution in [3.05, 3.63) is 249 Å². The van der Waals surface area contributed by atoms with Crippen molar-refractivity contribution in [1.29, 1.82) is 21.0 Å². The summed E-state index contributed by atoms with van der Waals surface area (Å²) in [6.45, 7) is -1.57. The molecule has 9 aromatic rings. The number of carbonyl (C=O) groups is 6. The maximum atomic E-state index is 15.5. The molecule has 13 rings (SSSR count). The van der Waals surface area contributed by atoms with Crippen molar-refractivity contribution in [3.8, 4) is 56.7 Å². The second kappa shape index (κ2) is 24.2. The van der Waals surface area contributed by atoms with Crippen LogP contribution in [0.15, 0.2) is 203 Å². The van der Waals surface area contributed by atoms with E-state index in [-0.39, 0.29) is 87.5 Å². The Labute approximate surface area is 529 Å². The number of esters is 4. The van der Waals surface area contributed by atoms with E-state index in [9.17, 15) is 30.6 Å². The van der Waals surface area contributed by atoms with Gasteiger partial charge < -0.3 is 28.4 Å². The Morgan fingerprint density at radius 1 is 0.413 bits per heavy atom. The van der Waals surface area contributed by atoms with E-state index >= 15 is 19.2 Å². The van der Waals surface area contributed by atoms with Crippen LogP contribution < -0.4 is 9.47 Å². The zero-order valence-electron chi connectivity index (χ0n) is 47.4. The lowest BCUT2D eigenvalue weighted by Crippen LogP contribution is -2.53. The highest BCUT2D eigenvalue weighted by molar-refractivity contribution is 7.19. The van der Waals surface area contributed by atoms with Crippen LogP contribution in [0.2, 0.25) is 0 Å². The van der Waals surface area contributed by atoms with Crippen LogP contribution in [-0.4, -0.2) is 56.8 Å². The third-order valence-corrected chi connectivity index (χ3v) is 17.1. The second-order valence-electron chi connectivity index (χ2n) is 20.6. The normalized spacial score (nSPS) is 14.8. The van der Waals surface area contributed by atoms with E-state index in [1.165, 1.54) is 24.3 Å². The Morgan fingerprint density at radius 3 is 0.989 bits per heavy atom. The molecule has 22 heteroatoms. The SMILES string of the molecule is N#CC(C#N)=C1C(=Nc2nc3c(s2)-c2cc4c(cc2OC3(C(=O)OCc2ccccc2)C(=O)OCc2ccccc2)-c2sc(N=C3C(=O)c5ccccc5C3=C(C#N)C#N)nc2C(C(=O)OCc2ccccc2)(C(=O)OCc2ccccc2)O4)C(=O)c2ccccc21. The third kappa shape index (κ3) is 10.1. The first-order valence-electron chi connectivity index (χ1n) is 27.9. The Kier molecular flexibility index (Phi) is 15.3. The summed E-state index contributed by atoms with van der Waals surface area (Å²) in [6, 6.07) is 56.9. The smallest absolute Gasteiger partial charge is 0.369 e. The number of aromatic nitrogens is 2. The summed E-state index contributed by atoms with van der Waals surface area (Å²) in [5.41, 5.74) is -5.87. The maximum absolute atomic E-state index is 15.5. The number of allylic oxidation sites excluding steroid dienone is 4. The molecule has 20 nitrogen and oxygen atoms in total. The van der Waals surface area contributed by atoms with Gasteiger partial charge in [0.2, 0.25) is 21.8 Å². The van der Waals surface area contributed by atoms with E-state index in [0.29, 0.717) is 22.3 Å². The minimum absolute atomic E-state index is 0.00106. The van der Waals surface area contributed by atoms with E-state index in [1.807, 2.05) is 24.3 Å². The van der Waals surface area contributed by atoms with Crippen molar-refractivity contribution in [2.75, 3.05) is 0 Å². The summed E-state index contributed by atoms with van der Waals surface area (Å²) in [5, 5.41) is 40.3. The van der Waals surface area contributed by atoms with Crippen molar-refractivity contribution in [2.24, 2.45) is 9.98 Å². The molecule has 0 amide bonds. The highest BCUT2D eigenvalue weighted by Crippen LogP contribution is 2.58. The van der Waals surface area contributed by atoms with Gasteiger partial charge in [0, 0.05) is 33.4 Å². The molecule has 0 N–H and O–H groups in total. The lowest BCUT2D eigenvalue weighted by atomic mass is 9.89. The number of carbonyl (C=O) groups excluding carboxylic acids is 6. The van der Waals surface area contributed by atoms with E-state index in [2.05, 4.69) is 9.98 Å². The predicted molar refractivity (Wildman–Crippen MR) is 330 cm³/mol.